The minimum absolute atomic E-state index is 0.237. The van der Waals surface area contributed by atoms with E-state index < -0.39 is 10.0 Å². The molecule has 1 atom stereocenters. The summed E-state index contributed by atoms with van der Waals surface area (Å²) in [7, 11) is -1.89. The Morgan fingerprint density at radius 2 is 2.14 bits per heavy atom. The summed E-state index contributed by atoms with van der Waals surface area (Å²) >= 11 is 0. The molecule has 2 rings (SSSR count). The normalized spacial score (nSPS) is 19.3. The van der Waals surface area contributed by atoms with Crippen molar-refractivity contribution < 1.29 is 13.2 Å². The Morgan fingerprint density at radius 1 is 1.38 bits per heavy atom. The lowest BCUT2D eigenvalue weighted by Crippen LogP contribution is -2.42. The van der Waals surface area contributed by atoms with Gasteiger partial charge in [0.1, 0.15) is 0 Å². The van der Waals surface area contributed by atoms with Gasteiger partial charge in [0, 0.05) is 26.2 Å². The van der Waals surface area contributed by atoms with Gasteiger partial charge < -0.3 is 10.1 Å². The highest BCUT2D eigenvalue weighted by molar-refractivity contribution is 7.89. The summed E-state index contributed by atoms with van der Waals surface area (Å²) in [4.78, 5) is 0.388. The van der Waals surface area contributed by atoms with E-state index in [1.807, 2.05) is 19.1 Å². The second-order valence-electron chi connectivity index (χ2n) is 5.41. The van der Waals surface area contributed by atoms with Gasteiger partial charge in [0.25, 0.3) is 0 Å². The molecule has 1 heterocycles. The molecular formula is C15H24N2O3S. The first-order valence-corrected chi connectivity index (χ1v) is 8.78. The third-order valence-electron chi connectivity index (χ3n) is 3.84. The van der Waals surface area contributed by atoms with Gasteiger partial charge in [-0.2, -0.15) is 4.31 Å². The summed E-state index contributed by atoms with van der Waals surface area (Å²) in [5.41, 5.74) is 0.777. The second kappa shape index (κ2) is 7.35. The molecule has 1 unspecified atom stereocenters. The SMILES string of the molecule is COCCN(CC1CCCN1)S(=O)(=O)c1ccccc1C. The highest BCUT2D eigenvalue weighted by atomic mass is 32.2. The summed E-state index contributed by atoms with van der Waals surface area (Å²) < 4.78 is 32.4. The zero-order valence-corrected chi connectivity index (χ0v) is 13.5. The van der Waals surface area contributed by atoms with Crippen molar-refractivity contribution in [1.82, 2.24) is 9.62 Å². The Balaban J connectivity index is 2.23. The van der Waals surface area contributed by atoms with Crippen molar-refractivity contribution in [2.75, 3.05) is 33.4 Å². The predicted octanol–water partition coefficient (Wildman–Crippen LogP) is 1.38. The maximum absolute atomic E-state index is 12.9. The first kappa shape index (κ1) is 16.4. The van der Waals surface area contributed by atoms with Crippen LogP contribution in [0.25, 0.3) is 0 Å². The summed E-state index contributed by atoms with van der Waals surface area (Å²) in [5, 5.41) is 3.35. The maximum atomic E-state index is 12.9. The molecule has 6 heteroatoms. The van der Waals surface area contributed by atoms with Crippen LogP contribution in [0.4, 0.5) is 0 Å². The number of hydrogen-bond donors (Lipinski definition) is 1. The van der Waals surface area contributed by atoms with E-state index >= 15 is 0 Å². The Morgan fingerprint density at radius 3 is 2.76 bits per heavy atom. The monoisotopic (exact) mass is 312 g/mol. The lowest BCUT2D eigenvalue weighted by atomic mass is 10.2. The number of rotatable bonds is 7. The van der Waals surface area contributed by atoms with Crippen LogP contribution in [0, 0.1) is 6.92 Å². The van der Waals surface area contributed by atoms with Gasteiger partial charge in [-0.15, -0.1) is 0 Å². The molecule has 1 aliphatic rings. The van der Waals surface area contributed by atoms with E-state index in [1.54, 1.807) is 23.5 Å². The minimum atomic E-state index is -3.48. The second-order valence-corrected chi connectivity index (χ2v) is 7.32. The molecule has 1 aromatic rings. The van der Waals surface area contributed by atoms with Crippen molar-refractivity contribution >= 4 is 10.0 Å². The molecule has 0 spiro atoms. The van der Waals surface area contributed by atoms with Crippen molar-refractivity contribution in [3.05, 3.63) is 29.8 Å². The fraction of sp³-hybridized carbons (Fsp3) is 0.600. The summed E-state index contributed by atoms with van der Waals surface area (Å²) in [5.74, 6) is 0. The molecule has 0 saturated carbocycles. The van der Waals surface area contributed by atoms with Crippen LogP contribution in [0.3, 0.4) is 0 Å². The number of nitrogens with one attached hydrogen (secondary N) is 1. The molecule has 0 aromatic heterocycles. The molecule has 1 aliphatic heterocycles. The molecule has 0 bridgehead atoms. The van der Waals surface area contributed by atoms with Crippen LogP contribution in [0.5, 0.6) is 0 Å². The number of sulfonamides is 1. The van der Waals surface area contributed by atoms with Crippen LogP contribution in [-0.2, 0) is 14.8 Å². The average Bonchev–Trinajstić information content (AvgIpc) is 2.96. The standard InChI is InChI=1S/C15H24N2O3S/c1-13-6-3-4-8-15(13)21(18,19)17(10-11-20-2)12-14-7-5-9-16-14/h3-4,6,8,14,16H,5,7,9-12H2,1-2H3. The molecule has 1 saturated heterocycles. The fourth-order valence-electron chi connectivity index (χ4n) is 2.65. The first-order valence-electron chi connectivity index (χ1n) is 7.34. The van der Waals surface area contributed by atoms with E-state index in [0.717, 1.165) is 24.9 Å². The van der Waals surface area contributed by atoms with Gasteiger partial charge in [-0.05, 0) is 37.9 Å². The molecule has 5 nitrogen and oxygen atoms in total. The number of nitrogens with zero attached hydrogens (tertiary/aromatic N) is 1. The lowest BCUT2D eigenvalue weighted by molar-refractivity contribution is 0.176. The van der Waals surface area contributed by atoms with Crippen LogP contribution >= 0.6 is 0 Å². The van der Waals surface area contributed by atoms with E-state index in [1.165, 1.54) is 0 Å². The molecule has 118 valence electrons. The first-order chi connectivity index (χ1) is 10.1. The fourth-order valence-corrected chi connectivity index (χ4v) is 4.34. The third-order valence-corrected chi connectivity index (χ3v) is 5.87. The predicted molar refractivity (Wildman–Crippen MR) is 82.8 cm³/mol. The molecule has 1 aromatic carbocycles. The van der Waals surface area contributed by atoms with Crippen LogP contribution < -0.4 is 5.32 Å². The van der Waals surface area contributed by atoms with Gasteiger partial charge in [-0.1, -0.05) is 18.2 Å². The van der Waals surface area contributed by atoms with Crippen molar-refractivity contribution in [1.29, 1.82) is 0 Å². The average molecular weight is 312 g/mol. The number of aryl methyl sites for hydroxylation is 1. The maximum Gasteiger partial charge on any atom is 0.243 e. The zero-order valence-electron chi connectivity index (χ0n) is 12.7. The van der Waals surface area contributed by atoms with E-state index in [9.17, 15) is 8.42 Å². The van der Waals surface area contributed by atoms with Crippen molar-refractivity contribution in [3.8, 4) is 0 Å². The van der Waals surface area contributed by atoms with Crippen molar-refractivity contribution in [3.63, 3.8) is 0 Å². The molecule has 0 amide bonds. The number of ether oxygens (including phenoxy) is 1. The lowest BCUT2D eigenvalue weighted by Gasteiger charge is -2.25. The zero-order chi connectivity index (χ0) is 15.3. The smallest absolute Gasteiger partial charge is 0.243 e. The van der Waals surface area contributed by atoms with Gasteiger partial charge >= 0.3 is 0 Å². The van der Waals surface area contributed by atoms with Crippen LogP contribution in [0.1, 0.15) is 18.4 Å². The van der Waals surface area contributed by atoms with Gasteiger partial charge in [-0.3, -0.25) is 0 Å². The van der Waals surface area contributed by atoms with Crippen LogP contribution in [-0.4, -0.2) is 52.1 Å². The number of hydrogen-bond acceptors (Lipinski definition) is 4. The highest BCUT2D eigenvalue weighted by Gasteiger charge is 2.29. The minimum Gasteiger partial charge on any atom is -0.383 e. The molecular weight excluding hydrogens is 288 g/mol. The largest absolute Gasteiger partial charge is 0.383 e. The van der Waals surface area contributed by atoms with Crippen molar-refractivity contribution in [2.45, 2.75) is 30.7 Å². The number of benzene rings is 1. The van der Waals surface area contributed by atoms with E-state index in [4.69, 9.17) is 4.74 Å². The van der Waals surface area contributed by atoms with Gasteiger partial charge in [0.2, 0.25) is 10.0 Å². The summed E-state index contributed by atoms with van der Waals surface area (Å²) in [6.07, 6.45) is 2.12. The topological polar surface area (TPSA) is 58.6 Å². The quantitative estimate of drug-likeness (QED) is 0.826. The van der Waals surface area contributed by atoms with Crippen LogP contribution in [0.2, 0.25) is 0 Å². The van der Waals surface area contributed by atoms with Crippen LogP contribution in [0.15, 0.2) is 29.2 Å². The number of methoxy groups -OCH3 is 1. The van der Waals surface area contributed by atoms with Gasteiger partial charge in [0.15, 0.2) is 0 Å². The summed E-state index contributed by atoms with van der Waals surface area (Å²) in [6.45, 7) is 4.08. The molecule has 1 fully saturated rings. The Bertz CT molecular complexity index is 554. The van der Waals surface area contributed by atoms with Gasteiger partial charge in [-0.25, -0.2) is 8.42 Å². The molecule has 0 radical (unpaired) electrons. The van der Waals surface area contributed by atoms with Gasteiger partial charge in [0.05, 0.1) is 11.5 Å². The van der Waals surface area contributed by atoms with E-state index in [-0.39, 0.29) is 6.04 Å². The Labute approximate surface area is 127 Å². The third kappa shape index (κ3) is 4.03. The molecule has 21 heavy (non-hydrogen) atoms. The molecule has 0 aliphatic carbocycles. The Hall–Kier alpha value is -0.950. The molecule has 1 N–H and O–H groups in total. The van der Waals surface area contributed by atoms with E-state index in [2.05, 4.69) is 5.32 Å². The Kier molecular flexibility index (Phi) is 5.75. The summed E-state index contributed by atoms with van der Waals surface area (Å²) in [6, 6.07) is 7.36. The van der Waals surface area contributed by atoms with Crippen molar-refractivity contribution in [2.24, 2.45) is 0 Å². The van der Waals surface area contributed by atoms with E-state index in [0.29, 0.717) is 24.6 Å². The highest BCUT2D eigenvalue weighted by Crippen LogP contribution is 2.20.